The van der Waals surface area contributed by atoms with E-state index in [1.165, 1.54) is 6.08 Å². The molecule has 0 aliphatic rings. The molecule has 0 aromatic heterocycles. The number of sulfonamides is 1. The van der Waals surface area contributed by atoms with Crippen LogP contribution in [0.25, 0.3) is 6.08 Å². The van der Waals surface area contributed by atoms with Gasteiger partial charge in [-0.1, -0.05) is 12.1 Å². The summed E-state index contributed by atoms with van der Waals surface area (Å²) < 4.78 is 24.4. The van der Waals surface area contributed by atoms with Crippen molar-refractivity contribution in [1.29, 1.82) is 0 Å². The third-order valence-corrected chi connectivity index (χ3v) is 3.11. The summed E-state index contributed by atoms with van der Waals surface area (Å²) in [5.41, 5.74) is 1.18. The molecule has 0 saturated carbocycles. The topological polar surface area (TPSA) is 113 Å². The Kier molecular flexibility index (Phi) is 6.58. The van der Waals surface area contributed by atoms with Gasteiger partial charge in [0.2, 0.25) is 15.9 Å². The number of nitrogens with one attached hydrogen (secondary N) is 2. The highest BCUT2D eigenvalue weighted by Gasteiger charge is 2.01. The van der Waals surface area contributed by atoms with Crippen molar-refractivity contribution in [2.24, 2.45) is 0 Å². The van der Waals surface area contributed by atoms with Crippen molar-refractivity contribution in [3.8, 4) is 0 Å². The molecule has 0 aliphatic carbocycles. The van der Waals surface area contributed by atoms with Crippen molar-refractivity contribution < 1.29 is 23.1 Å². The fourth-order valence-corrected chi connectivity index (χ4v) is 2.12. The van der Waals surface area contributed by atoms with Gasteiger partial charge in [0.05, 0.1) is 6.26 Å². The third-order valence-electron chi connectivity index (χ3n) is 2.51. The van der Waals surface area contributed by atoms with Gasteiger partial charge < -0.3 is 10.4 Å². The van der Waals surface area contributed by atoms with Gasteiger partial charge in [-0.15, -0.1) is 0 Å². The molecule has 22 heavy (non-hydrogen) atoms. The van der Waals surface area contributed by atoms with E-state index in [0.29, 0.717) is 18.7 Å². The van der Waals surface area contributed by atoms with Crippen LogP contribution in [0, 0.1) is 0 Å². The molecule has 7 nitrogen and oxygen atoms in total. The largest absolute Gasteiger partial charge is 0.481 e. The molecule has 0 atom stereocenters. The van der Waals surface area contributed by atoms with Crippen LogP contribution in [0.3, 0.4) is 0 Å². The molecule has 0 heterocycles. The highest BCUT2D eigenvalue weighted by molar-refractivity contribution is 7.92. The van der Waals surface area contributed by atoms with Gasteiger partial charge in [0.1, 0.15) is 0 Å². The van der Waals surface area contributed by atoms with Gasteiger partial charge >= 0.3 is 5.97 Å². The maximum absolute atomic E-state index is 11.5. The lowest BCUT2D eigenvalue weighted by Crippen LogP contribution is -2.22. The summed E-state index contributed by atoms with van der Waals surface area (Å²) in [7, 11) is -3.31. The minimum Gasteiger partial charge on any atom is -0.481 e. The molecular weight excluding hydrogens is 308 g/mol. The molecule has 1 rings (SSSR count). The first kappa shape index (κ1) is 17.7. The van der Waals surface area contributed by atoms with Crippen LogP contribution in [0.4, 0.5) is 5.69 Å². The Morgan fingerprint density at radius 1 is 1.23 bits per heavy atom. The van der Waals surface area contributed by atoms with Crippen LogP contribution in [0.5, 0.6) is 0 Å². The number of carbonyl (C=O) groups is 2. The molecule has 8 heteroatoms. The van der Waals surface area contributed by atoms with Gasteiger partial charge in [0, 0.05) is 24.7 Å². The highest BCUT2D eigenvalue weighted by Crippen LogP contribution is 2.11. The summed E-state index contributed by atoms with van der Waals surface area (Å²) in [5.74, 6) is -1.21. The molecular formula is C14H18N2O5S. The van der Waals surface area contributed by atoms with Gasteiger partial charge in [0.15, 0.2) is 0 Å². The Morgan fingerprint density at radius 2 is 1.86 bits per heavy atom. The Bertz CT molecular complexity index is 650. The molecule has 0 aliphatic heterocycles. The summed E-state index contributed by atoms with van der Waals surface area (Å²) in [6.45, 7) is 0.298. The Balaban J connectivity index is 2.45. The minimum atomic E-state index is -3.31. The number of benzene rings is 1. The second-order valence-electron chi connectivity index (χ2n) is 4.62. The van der Waals surface area contributed by atoms with Crippen LogP contribution in [0.1, 0.15) is 18.4 Å². The lowest BCUT2D eigenvalue weighted by Gasteiger charge is -2.03. The molecule has 3 N–H and O–H groups in total. The first-order chi connectivity index (χ1) is 10.3. The summed E-state index contributed by atoms with van der Waals surface area (Å²) in [6, 6.07) is 6.51. The minimum absolute atomic E-state index is 0.0127. The standard InChI is InChI=1S/C14H18N2O5S/c1-22(20,21)16-12-7-4-11(5-8-12)6-9-13(17)15-10-2-3-14(18)19/h4-9,16H,2-3,10H2,1H3,(H,15,17)(H,18,19). The quantitative estimate of drug-likeness (QED) is 0.488. The molecule has 1 amide bonds. The van der Waals surface area contributed by atoms with E-state index in [4.69, 9.17) is 5.11 Å². The van der Waals surface area contributed by atoms with Crippen LogP contribution in [-0.2, 0) is 19.6 Å². The molecule has 1 aromatic rings. The second kappa shape index (κ2) is 8.18. The number of carboxylic acids is 1. The number of hydrogen-bond acceptors (Lipinski definition) is 4. The molecule has 0 fully saturated rings. The van der Waals surface area contributed by atoms with Crippen molar-refractivity contribution in [3.05, 3.63) is 35.9 Å². The van der Waals surface area contributed by atoms with E-state index in [9.17, 15) is 18.0 Å². The third kappa shape index (κ3) is 8.05. The van der Waals surface area contributed by atoms with Crippen LogP contribution in [0.15, 0.2) is 30.3 Å². The van der Waals surface area contributed by atoms with Crippen molar-refractivity contribution >= 4 is 33.7 Å². The Labute approximate surface area is 129 Å². The first-order valence-electron chi connectivity index (χ1n) is 6.52. The Morgan fingerprint density at radius 3 is 2.41 bits per heavy atom. The second-order valence-corrected chi connectivity index (χ2v) is 6.37. The van der Waals surface area contributed by atoms with E-state index in [2.05, 4.69) is 10.0 Å². The van der Waals surface area contributed by atoms with E-state index in [-0.39, 0.29) is 12.3 Å². The van der Waals surface area contributed by atoms with E-state index >= 15 is 0 Å². The maximum atomic E-state index is 11.5. The summed E-state index contributed by atoms with van der Waals surface area (Å²) in [6.07, 6.45) is 4.37. The molecule has 0 saturated heterocycles. The highest BCUT2D eigenvalue weighted by atomic mass is 32.2. The summed E-state index contributed by atoms with van der Waals surface area (Å²) >= 11 is 0. The molecule has 0 bridgehead atoms. The van der Waals surface area contributed by atoms with E-state index in [1.807, 2.05) is 0 Å². The molecule has 1 aromatic carbocycles. The van der Waals surface area contributed by atoms with Crippen molar-refractivity contribution in [1.82, 2.24) is 5.32 Å². The van der Waals surface area contributed by atoms with Gasteiger partial charge in [-0.05, 0) is 30.2 Å². The number of aliphatic carboxylic acids is 1. The smallest absolute Gasteiger partial charge is 0.303 e. The lowest BCUT2D eigenvalue weighted by molar-refractivity contribution is -0.137. The van der Waals surface area contributed by atoms with Gasteiger partial charge in [-0.25, -0.2) is 8.42 Å². The number of carboxylic acid groups (broad SMARTS) is 1. The normalized spacial score (nSPS) is 11.3. The summed E-state index contributed by atoms with van der Waals surface area (Å²) in [4.78, 5) is 21.8. The number of rotatable bonds is 8. The number of amides is 1. The van der Waals surface area contributed by atoms with Gasteiger partial charge in [-0.3, -0.25) is 14.3 Å². The van der Waals surface area contributed by atoms with E-state index < -0.39 is 16.0 Å². The zero-order chi connectivity index (χ0) is 16.6. The number of anilines is 1. The van der Waals surface area contributed by atoms with Crippen molar-refractivity contribution in [3.63, 3.8) is 0 Å². The molecule has 120 valence electrons. The maximum Gasteiger partial charge on any atom is 0.303 e. The van der Waals surface area contributed by atoms with E-state index in [0.717, 1.165) is 11.8 Å². The fourth-order valence-electron chi connectivity index (χ4n) is 1.56. The average Bonchev–Trinajstić information content (AvgIpc) is 2.41. The van der Waals surface area contributed by atoms with Gasteiger partial charge in [0.25, 0.3) is 0 Å². The summed E-state index contributed by atoms with van der Waals surface area (Å²) in [5, 5.41) is 11.0. The Hall–Kier alpha value is -2.35. The molecule has 0 unspecified atom stereocenters. The predicted octanol–water partition coefficient (Wildman–Crippen LogP) is 1.05. The molecule has 0 spiro atoms. The average molecular weight is 326 g/mol. The number of hydrogen-bond donors (Lipinski definition) is 3. The van der Waals surface area contributed by atoms with Crippen LogP contribution < -0.4 is 10.0 Å². The number of carbonyl (C=O) groups excluding carboxylic acids is 1. The predicted molar refractivity (Wildman–Crippen MR) is 83.8 cm³/mol. The van der Waals surface area contributed by atoms with Crippen molar-refractivity contribution in [2.45, 2.75) is 12.8 Å². The molecule has 0 radical (unpaired) electrons. The van der Waals surface area contributed by atoms with Crippen LogP contribution in [0.2, 0.25) is 0 Å². The lowest BCUT2D eigenvalue weighted by atomic mass is 10.2. The first-order valence-corrected chi connectivity index (χ1v) is 8.41. The zero-order valence-electron chi connectivity index (χ0n) is 12.1. The van der Waals surface area contributed by atoms with Gasteiger partial charge in [-0.2, -0.15) is 0 Å². The zero-order valence-corrected chi connectivity index (χ0v) is 12.9. The fraction of sp³-hybridized carbons (Fsp3) is 0.286. The van der Waals surface area contributed by atoms with Crippen LogP contribution in [-0.4, -0.2) is 38.2 Å². The monoisotopic (exact) mass is 326 g/mol. The SMILES string of the molecule is CS(=O)(=O)Nc1ccc(C=CC(=O)NCCCC(=O)O)cc1. The van der Waals surface area contributed by atoms with Crippen LogP contribution >= 0.6 is 0 Å². The van der Waals surface area contributed by atoms with E-state index in [1.54, 1.807) is 30.3 Å². The van der Waals surface area contributed by atoms with Crippen molar-refractivity contribution in [2.75, 3.05) is 17.5 Å².